The Labute approximate surface area is 85.3 Å². The molecule has 0 aliphatic heterocycles. The quantitative estimate of drug-likeness (QED) is 0.828. The first-order chi connectivity index (χ1) is 7.11. The molecular weight excluding hydrogens is 204 g/mol. The first-order valence-electron chi connectivity index (χ1n) is 4.08. The van der Waals surface area contributed by atoms with Crippen molar-refractivity contribution in [2.24, 2.45) is 0 Å². The van der Waals surface area contributed by atoms with Crippen LogP contribution in [0.15, 0.2) is 6.20 Å². The van der Waals surface area contributed by atoms with E-state index in [0.717, 1.165) is 0 Å². The van der Waals surface area contributed by atoms with Gasteiger partial charge in [-0.15, -0.1) is 0 Å². The van der Waals surface area contributed by atoms with Crippen LogP contribution < -0.4 is 10.5 Å². The molecule has 1 heterocycles. The van der Waals surface area contributed by atoms with Gasteiger partial charge >= 0.3 is 0 Å². The number of ether oxygens (including phenoxy) is 1. The molecule has 15 heavy (non-hydrogen) atoms. The fourth-order valence-corrected chi connectivity index (χ4v) is 1.16. The fraction of sp³-hybridized carbons (Fsp3) is 0.333. The van der Waals surface area contributed by atoms with Gasteiger partial charge in [0.25, 0.3) is 6.43 Å². The average Bonchev–Trinajstić information content (AvgIpc) is 2.20. The minimum Gasteiger partial charge on any atom is -0.492 e. The molecule has 1 aromatic rings. The number of aromatic nitrogens is 1. The van der Waals surface area contributed by atoms with Crippen LogP contribution in [0, 0.1) is 11.3 Å². The van der Waals surface area contributed by atoms with Gasteiger partial charge in [-0.05, 0) is 0 Å². The van der Waals surface area contributed by atoms with Crippen molar-refractivity contribution in [3.8, 4) is 11.8 Å². The van der Waals surface area contributed by atoms with E-state index in [2.05, 4.69) is 4.98 Å². The van der Waals surface area contributed by atoms with Crippen molar-refractivity contribution < 1.29 is 13.5 Å². The summed E-state index contributed by atoms with van der Waals surface area (Å²) in [6.07, 6.45) is -1.57. The maximum absolute atomic E-state index is 12.4. The van der Waals surface area contributed by atoms with E-state index < -0.39 is 12.1 Å². The number of methoxy groups -OCH3 is 1. The van der Waals surface area contributed by atoms with Crippen LogP contribution in [0.4, 0.5) is 14.5 Å². The highest BCUT2D eigenvalue weighted by Crippen LogP contribution is 2.33. The Balaban J connectivity index is 3.27. The number of rotatable bonds is 3. The van der Waals surface area contributed by atoms with Crippen molar-refractivity contribution in [3.63, 3.8) is 0 Å². The van der Waals surface area contributed by atoms with E-state index in [-0.39, 0.29) is 17.9 Å². The summed E-state index contributed by atoms with van der Waals surface area (Å²) in [7, 11) is 1.23. The van der Waals surface area contributed by atoms with Crippen molar-refractivity contribution in [1.29, 1.82) is 5.26 Å². The van der Waals surface area contributed by atoms with Crippen molar-refractivity contribution in [2.45, 2.75) is 12.8 Å². The predicted molar refractivity (Wildman–Crippen MR) is 49.5 cm³/mol. The molecule has 0 saturated heterocycles. The van der Waals surface area contributed by atoms with Crippen LogP contribution in [-0.4, -0.2) is 12.1 Å². The van der Waals surface area contributed by atoms with Gasteiger partial charge in [0.2, 0.25) is 0 Å². The lowest BCUT2D eigenvalue weighted by molar-refractivity contribution is 0.141. The smallest absolute Gasteiger partial charge is 0.284 e. The molecule has 0 aliphatic rings. The maximum atomic E-state index is 12.4. The number of hydrogen-bond donors (Lipinski definition) is 1. The standard InChI is InChI=1S/C9H9F2N3O/c1-15-8-6(13)5(2-3-12)4-14-7(8)9(10)11/h4,9H,2H2,1H3,(H2,13,14). The van der Waals surface area contributed by atoms with Gasteiger partial charge in [0.15, 0.2) is 11.4 Å². The molecule has 2 N–H and O–H groups in total. The molecule has 0 radical (unpaired) electrons. The highest BCUT2D eigenvalue weighted by atomic mass is 19.3. The summed E-state index contributed by atoms with van der Waals surface area (Å²) in [5, 5.41) is 8.46. The Morgan fingerprint density at radius 2 is 2.33 bits per heavy atom. The van der Waals surface area contributed by atoms with Gasteiger partial charge in [0, 0.05) is 11.8 Å². The topological polar surface area (TPSA) is 71.9 Å². The molecule has 0 amide bonds. The Hall–Kier alpha value is -1.90. The molecule has 1 aromatic heterocycles. The van der Waals surface area contributed by atoms with E-state index in [4.69, 9.17) is 15.7 Å². The Bertz CT molecular complexity index is 401. The number of hydrogen-bond acceptors (Lipinski definition) is 4. The molecule has 0 spiro atoms. The molecule has 0 fully saturated rings. The van der Waals surface area contributed by atoms with Crippen molar-refractivity contribution in [3.05, 3.63) is 17.5 Å². The van der Waals surface area contributed by atoms with Crippen LogP contribution in [0.1, 0.15) is 17.7 Å². The second-order valence-corrected chi connectivity index (χ2v) is 2.75. The van der Waals surface area contributed by atoms with Gasteiger partial charge in [0.05, 0.1) is 25.3 Å². The second kappa shape index (κ2) is 4.55. The summed E-state index contributed by atoms with van der Waals surface area (Å²) in [6, 6.07) is 1.86. The highest BCUT2D eigenvalue weighted by Gasteiger charge is 2.19. The number of nitrogens with zero attached hydrogens (tertiary/aromatic N) is 2. The van der Waals surface area contributed by atoms with Gasteiger partial charge in [-0.2, -0.15) is 5.26 Å². The third kappa shape index (κ3) is 2.13. The normalized spacial score (nSPS) is 10.1. The van der Waals surface area contributed by atoms with E-state index in [0.29, 0.717) is 5.56 Å². The SMILES string of the molecule is COc1c(C(F)F)ncc(CC#N)c1N. The third-order valence-corrected chi connectivity index (χ3v) is 1.86. The number of nitrogens with two attached hydrogens (primary N) is 1. The first-order valence-corrected chi connectivity index (χ1v) is 4.08. The lowest BCUT2D eigenvalue weighted by Crippen LogP contribution is -2.04. The van der Waals surface area contributed by atoms with Crippen LogP contribution in [0.3, 0.4) is 0 Å². The van der Waals surface area contributed by atoms with Gasteiger partial charge in [-0.1, -0.05) is 0 Å². The summed E-state index contributed by atoms with van der Waals surface area (Å²) in [5.41, 5.74) is 5.50. The van der Waals surface area contributed by atoms with Crippen molar-refractivity contribution in [1.82, 2.24) is 4.98 Å². The molecule has 0 unspecified atom stereocenters. The molecule has 0 bridgehead atoms. The number of alkyl halides is 2. The zero-order valence-corrected chi connectivity index (χ0v) is 8.00. The molecule has 80 valence electrons. The van der Waals surface area contributed by atoms with Crippen molar-refractivity contribution in [2.75, 3.05) is 12.8 Å². The van der Waals surface area contributed by atoms with Crippen LogP contribution in [0.25, 0.3) is 0 Å². The molecular formula is C9H9F2N3O. The number of nitrogen functional groups attached to an aromatic ring is 1. The number of anilines is 1. The fourth-order valence-electron chi connectivity index (χ4n) is 1.16. The lowest BCUT2D eigenvalue weighted by atomic mass is 10.1. The number of halogens is 2. The Kier molecular flexibility index (Phi) is 3.39. The summed E-state index contributed by atoms with van der Waals surface area (Å²) >= 11 is 0. The monoisotopic (exact) mass is 213 g/mol. The number of pyridine rings is 1. The van der Waals surface area contributed by atoms with E-state index in [9.17, 15) is 8.78 Å². The molecule has 6 heteroatoms. The zero-order chi connectivity index (χ0) is 11.4. The molecule has 0 aliphatic carbocycles. The lowest BCUT2D eigenvalue weighted by Gasteiger charge is -2.11. The molecule has 0 atom stereocenters. The zero-order valence-electron chi connectivity index (χ0n) is 8.00. The van der Waals surface area contributed by atoms with Crippen LogP contribution in [-0.2, 0) is 6.42 Å². The van der Waals surface area contributed by atoms with Gasteiger partial charge in [0.1, 0.15) is 0 Å². The summed E-state index contributed by atoms with van der Waals surface area (Å²) in [5.74, 6) is -0.155. The highest BCUT2D eigenvalue weighted by molar-refractivity contribution is 5.60. The Morgan fingerprint density at radius 3 is 2.80 bits per heavy atom. The van der Waals surface area contributed by atoms with Gasteiger partial charge in [-0.25, -0.2) is 8.78 Å². The van der Waals surface area contributed by atoms with Gasteiger partial charge in [-0.3, -0.25) is 4.98 Å². The molecule has 0 aromatic carbocycles. The largest absolute Gasteiger partial charge is 0.492 e. The molecule has 0 saturated carbocycles. The van der Waals surface area contributed by atoms with E-state index >= 15 is 0 Å². The summed E-state index contributed by atoms with van der Waals surface area (Å²) < 4.78 is 29.6. The van der Waals surface area contributed by atoms with E-state index in [1.807, 2.05) is 6.07 Å². The average molecular weight is 213 g/mol. The minimum absolute atomic E-state index is 0.0126. The van der Waals surface area contributed by atoms with Crippen molar-refractivity contribution >= 4 is 5.69 Å². The minimum atomic E-state index is -2.75. The predicted octanol–water partition coefficient (Wildman–Crippen LogP) is 1.68. The molecule has 4 nitrogen and oxygen atoms in total. The van der Waals surface area contributed by atoms with E-state index in [1.165, 1.54) is 13.3 Å². The third-order valence-electron chi connectivity index (χ3n) is 1.86. The number of nitriles is 1. The second-order valence-electron chi connectivity index (χ2n) is 2.75. The maximum Gasteiger partial charge on any atom is 0.284 e. The van der Waals surface area contributed by atoms with Crippen LogP contribution in [0.2, 0.25) is 0 Å². The summed E-state index contributed by atoms with van der Waals surface area (Å²) in [4.78, 5) is 3.52. The van der Waals surface area contributed by atoms with Gasteiger partial charge < -0.3 is 10.5 Å². The summed E-state index contributed by atoms with van der Waals surface area (Å²) in [6.45, 7) is 0. The van der Waals surface area contributed by atoms with E-state index in [1.54, 1.807) is 0 Å². The first kappa shape index (κ1) is 11.2. The van der Waals surface area contributed by atoms with Crippen LogP contribution in [0.5, 0.6) is 5.75 Å². The molecule has 1 rings (SSSR count). The Morgan fingerprint density at radius 1 is 1.67 bits per heavy atom. The van der Waals surface area contributed by atoms with Crippen LogP contribution >= 0.6 is 0 Å².